The van der Waals surface area contributed by atoms with Crippen LogP contribution >= 0.6 is 0 Å². The van der Waals surface area contributed by atoms with E-state index in [0.717, 1.165) is 16.7 Å². The standard InChI is InChI=1S/C17H21NO/c1-12-7-6-10-15(13(12)2)17(19)16(11-18)14-8-4-3-5-9-14/h3-10,16-17,19H,11,18H2,1-2H3. The molecular formula is C17H21NO. The number of benzene rings is 2. The zero-order valence-electron chi connectivity index (χ0n) is 11.5. The van der Waals surface area contributed by atoms with Gasteiger partial charge in [0, 0.05) is 12.5 Å². The van der Waals surface area contributed by atoms with Crippen LogP contribution in [0.1, 0.15) is 34.3 Å². The first-order chi connectivity index (χ1) is 9.15. The van der Waals surface area contributed by atoms with Crippen LogP contribution in [0.3, 0.4) is 0 Å². The van der Waals surface area contributed by atoms with Crippen molar-refractivity contribution in [1.29, 1.82) is 0 Å². The van der Waals surface area contributed by atoms with Crippen LogP contribution < -0.4 is 5.73 Å². The highest BCUT2D eigenvalue weighted by Gasteiger charge is 2.22. The number of aliphatic hydroxyl groups excluding tert-OH is 1. The second-order valence-electron chi connectivity index (χ2n) is 4.99. The molecule has 0 bridgehead atoms. The monoisotopic (exact) mass is 255 g/mol. The fourth-order valence-corrected chi connectivity index (χ4v) is 2.46. The number of rotatable bonds is 4. The van der Waals surface area contributed by atoms with Crippen molar-refractivity contribution in [2.75, 3.05) is 6.54 Å². The highest BCUT2D eigenvalue weighted by atomic mass is 16.3. The summed E-state index contributed by atoms with van der Waals surface area (Å²) in [5.41, 5.74) is 10.3. The van der Waals surface area contributed by atoms with Gasteiger partial charge in [-0.2, -0.15) is 0 Å². The van der Waals surface area contributed by atoms with Gasteiger partial charge in [0.15, 0.2) is 0 Å². The minimum atomic E-state index is -0.563. The molecule has 2 aromatic carbocycles. The molecule has 0 aliphatic heterocycles. The van der Waals surface area contributed by atoms with Gasteiger partial charge in [-0.25, -0.2) is 0 Å². The summed E-state index contributed by atoms with van der Waals surface area (Å²) in [6.45, 7) is 4.54. The summed E-state index contributed by atoms with van der Waals surface area (Å²) in [4.78, 5) is 0. The van der Waals surface area contributed by atoms with Crippen LogP contribution in [-0.4, -0.2) is 11.7 Å². The topological polar surface area (TPSA) is 46.2 Å². The summed E-state index contributed by atoms with van der Waals surface area (Å²) < 4.78 is 0. The van der Waals surface area contributed by atoms with Crippen LogP contribution in [0.15, 0.2) is 48.5 Å². The molecule has 2 heteroatoms. The molecule has 2 rings (SSSR count). The van der Waals surface area contributed by atoms with E-state index in [-0.39, 0.29) is 5.92 Å². The molecule has 0 aliphatic rings. The van der Waals surface area contributed by atoms with Gasteiger partial charge < -0.3 is 10.8 Å². The third-order valence-corrected chi connectivity index (χ3v) is 3.83. The average molecular weight is 255 g/mol. The van der Waals surface area contributed by atoms with E-state index in [1.165, 1.54) is 5.56 Å². The van der Waals surface area contributed by atoms with Crippen LogP contribution in [0, 0.1) is 13.8 Å². The molecular weight excluding hydrogens is 234 g/mol. The van der Waals surface area contributed by atoms with Gasteiger partial charge in [0.05, 0.1) is 6.10 Å². The SMILES string of the molecule is Cc1cccc(C(O)C(CN)c2ccccc2)c1C. The normalized spacial score (nSPS) is 14.1. The fraction of sp³-hybridized carbons (Fsp3) is 0.294. The molecule has 3 N–H and O–H groups in total. The smallest absolute Gasteiger partial charge is 0.0873 e. The van der Waals surface area contributed by atoms with Crippen molar-refractivity contribution in [1.82, 2.24) is 0 Å². The van der Waals surface area contributed by atoms with Crippen molar-refractivity contribution >= 4 is 0 Å². The van der Waals surface area contributed by atoms with Crippen LogP contribution in [0.2, 0.25) is 0 Å². The molecule has 0 aliphatic carbocycles. The number of nitrogens with two attached hydrogens (primary N) is 1. The maximum Gasteiger partial charge on any atom is 0.0873 e. The molecule has 19 heavy (non-hydrogen) atoms. The molecule has 100 valence electrons. The van der Waals surface area contributed by atoms with Gasteiger partial charge in [-0.15, -0.1) is 0 Å². The van der Waals surface area contributed by atoms with Crippen molar-refractivity contribution in [3.05, 3.63) is 70.8 Å². The lowest BCUT2D eigenvalue weighted by molar-refractivity contribution is 0.146. The van der Waals surface area contributed by atoms with Crippen LogP contribution in [-0.2, 0) is 0 Å². The summed E-state index contributed by atoms with van der Waals surface area (Å²) in [6.07, 6.45) is -0.563. The Balaban J connectivity index is 2.36. The van der Waals surface area contributed by atoms with Gasteiger partial charge in [-0.05, 0) is 36.1 Å². The maximum absolute atomic E-state index is 10.7. The van der Waals surface area contributed by atoms with Crippen molar-refractivity contribution < 1.29 is 5.11 Å². The van der Waals surface area contributed by atoms with Gasteiger partial charge in [-0.3, -0.25) is 0 Å². The van der Waals surface area contributed by atoms with Crippen LogP contribution in [0.25, 0.3) is 0 Å². The first kappa shape index (κ1) is 13.8. The third-order valence-electron chi connectivity index (χ3n) is 3.83. The Bertz CT molecular complexity index is 536. The predicted octanol–water partition coefficient (Wildman–Crippen LogP) is 3.08. The third kappa shape index (κ3) is 2.86. The zero-order valence-corrected chi connectivity index (χ0v) is 11.5. The van der Waals surface area contributed by atoms with Crippen molar-refractivity contribution in [3.63, 3.8) is 0 Å². The molecule has 0 radical (unpaired) electrons. The molecule has 0 saturated heterocycles. The largest absolute Gasteiger partial charge is 0.388 e. The molecule has 0 spiro atoms. The highest BCUT2D eigenvalue weighted by molar-refractivity contribution is 5.37. The Morgan fingerprint density at radius 3 is 2.32 bits per heavy atom. The van der Waals surface area contributed by atoms with Gasteiger partial charge in [0.1, 0.15) is 0 Å². The predicted molar refractivity (Wildman–Crippen MR) is 79.1 cm³/mol. The first-order valence-corrected chi connectivity index (χ1v) is 6.64. The Kier molecular flexibility index (Phi) is 4.35. The van der Waals surface area contributed by atoms with E-state index in [9.17, 15) is 5.11 Å². The Labute approximate surface area is 114 Å². The highest BCUT2D eigenvalue weighted by Crippen LogP contribution is 2.32. The summed E-state index contributed by atoms with van der Waals surface area (Å²) in [6, 6.07) is 16.0. The lowest BCUT2D eigenvalue weighted by Gasteiger charge is -2.24. The molecule has 0 fully saturated rings. The van der Waals surface area contributed by atoms with Crippen molar-refractivity contribution in [2.24, 2.45) is 5.73 Å². The number of aliphatic hydroxyl groups is 1. The Morgan fingerprint density at radius 2 is 1.68 bits per heavy atom. The number of hydrogen-bond acceptors (Lipinski definition) is 2. The molecule has 0 heterocycles. The second kappa shape index (κ2) is 6.00. The minimum Gasteiger partial charge on any atom is -0.388 e. The van der Waals surface area contributed by atoms with E-state index in [4.69, 9.17) is 5.73 Å². The molecule has 0 saturated carbocycles. The van der Waals surface area contributed by atoms with Gasteiger partial charge in [0.2, 0.25) is 0 Å². The summed E-state index contributed by atoms with van der Waals surface area (Å²) in [5, 5.41) is 10.7. The first-order valence-electron chi connectivity index (χ1n) is 6.64. The molecule has 0 amide bonds. The van der Waals surface area contributed by atoms with Crippen LogP contribution in [0.5, 0.6) is 0 Å². The summed E-state index contributed by atoms with van der Waals surface area (Å²) in [7, 11) is 0. The van der Waals surface area contributed by atoms with Gasteiger partial charge in [-0.1, -0.05) is 48.5 Å². The average Bonchev–Trinajstić information content (AvgIpc) is 2.44. The maximum atomic E-state index is 10.7. The lowest BCUT2D eigenvalue weighted by atomic mass is 9.86. The van der Waals surface area contributed by atoms with Gasteiger partial charge in [0.25, 0.3) is 0 Å². The molecule has 2 atom stereocenters. The minimum absolute atomic E-state index is 0.0679. The Morgan fingerprint density at radius 1 is 1.00 bits per heavy atom. The molecule has 2 nitrogen and oxygen atoms in total. The van der Waals surface area contributed by atoms with E-state index in [1.54, 1.807) is 0 Å². The van der Waals surface area contributed by atoms with E-state index >= 15 is 0 Å². The number of hydrogen-bond donors (Lipinski definition) is 2. The Hall–Kier alpha value is -1.64. The number of aryl methyl sites for hydroxylation is 1. The quantitative estimate of drug-likeness (QED) is 0.882. The zero-order chi connectivity index (χ0) is 13.8. The fourth-order valence-electron chi connectivity index (χ4n) is 2.46. The van der Waals surface area contributed by atoms with Crippen LogP contribution in [0.4, 0.5) is 0 Å². The summed E-state index contributed by atoms with van der Waals surface area (Å²) >= 11 is 0. The molecule has 2 unspecified atom stereocenters. The second-order valence-corrected chi connectivity index (χ2v) is 4.99. The summed E-state index contributed by atoms with van der Waals surface area (Å²) in [5.74, 6) is -0.0679. The van der Waals surface area contributed by atoms with Crippen molar-refractivity contribution in [3.8, 4) is 0 Å². The molecule has 0 aromatic heterocycles. The van der Waals surface area contributed by atoms with E-state index in [0.29, 0.717) is 6.54 Å². The van der Waals surface area contributed by atoms with E-state index < -0.39 is 6.10 Å². The lowest BCUT2D eigenvalue weighted by Crippen LogP contribution is -2.20. The van der Waals surface area contributed by atoms with Crippen molar-refractivity contribution in [2.45, 2.75) is 25.9 Å². The van der Waals surface area contributed by atoms with Gasteiger partial charge >= 0.3 is 0 Å². The molecule has 2 aromatic rings. The van der Waals surface area contributed by atoms with E-state index in [2.05, 4.69) is 13.0 Å². The van der Waals surface area contributed by atoms with E-state index in [1.807, 2.05) is 49.4 Å².